The highest BCUT2D eigenvalue weighted by molar-refractivity contribution is 5.85. The predicted molar refractivity (Wildman–Crippen MR) is 80.6 cm³/mol. The Morgan fingerprint density at radius 3 is 2.59 bits per heavy atom. The first kappa shape index (κ1) is 16.3. The van der Waals surface area contributed by atoms with Crippen molar-refractivity contribution in [1.29, 1.82) is 0 Å². The van der Waals surface area contributed by atoms with Crippen molar-refractivity contribution in [3.63, 3.8) is 0 Å². The van der Waals surface area contributed by atoms with Gasteiger partial charge in [0.25, 0.3) is 0 Å². The minimum atomic E-state index is -1.29. The Hall–Kier alpha value is -2.11. The van der Waals surface area contributed by atoms with E-state index in [9.17, 15) is 14.7 Å². The summed E-state index contributed by atoms with van der Waals surface area (Å²) < 4.78 is 5.35. The largest absolute Gasteiger partial charge is 0.480 e. The first-order valence-corrected chi connectivity index (χ1v) is 7.28. The van der Waals surface area contributed by atoms with Crippen LogP contribution in [0, 0.1) is 0 Å². The Labute approximate surface area is 130 Å². The Balaban J connectivity index is 2.27. The quantitative estimate of drug-likeness (QED) is 0.908. The molecule has 1 amide bonds. The van der Waals surface area contributed by atoms with E-state index >= 15 is 0 Å². The Morgan fingerprint density at radius 1 is 1.41 bits per heavy atom. The van der Waals surface area contributed by atoms with E-state index in [4.69, 9.17) is 4.74 Å². The van der Waals surface area contributed by atoms with Gasteiger partial charge in [-0.2, -0.15) is 0 Å². The molecule has 22 heavy (non-hydrogen) atoms. The highest BCUT2D eigenvalue weighted by Crippen LogP contribution is 2.39. The average Bonchev–Trinajstić information content (AvgIpc) is 2.77. The van der Waals surface area contributed by atoms with Crippen molar-refractivity contribution in [1.82, 2.24) is 9.88 Å². The van der Waals surface area contributed by atoms with Crippen LogP contribution in [-0.2, 0) is 9.53 Å². The number of aliphatic carboxylic acids is 1. The topological polar surface area (TPSA) is 79.7 Å². The van der Waals surface area contributed by atoms with E-state index in [-0.39, 0.29) is 12.5 Å². The van der Waals surface area contributed by atoms with Crippen LogP contribution >= 0.6 is 0 Å². The molecule has 6 heteroatoms. The molecule has 0 unspecified atom stereocenters. The zero-order valence-electron chi connectivity index (χ0n) is 13.4. The van der Waals surface area contributed by atoms with E-state index < -0.39 is 23.2 Å². The van der Waals surface area contributed by atoms with Crippen molar-refractivity contribution in [3.05, 3.63) is 30.1 Å². The lowest BCUT2D eigenvalue weighted by Crippen LogP contribution is -2.52. The van der Waals surface area contributed by atoms with E-state index in [1.54, 1.807) is 40.0 Å². The summed E-state index contributed by atoms with van der Waals surface area (Å²) in [5, 5.41) is 9.58. The molecule has 2 atom stereocenters. The highest BCUT2D eigenvalue weighted by atomic mass is 16.6. The number of carboxylic acids is 1. The Morgan fingerprint density at radius 2 is 2.09 bits per heavy atom. The smallest absolute Gasteiger partial charge is 0.411 e. The second-order valence-corrected chi connectivity index (χ2v) is 6.83. The summed E-state index contributed by atoms with van der Waals surface area (Å²) in [7, 11) is 0. The molecule has 0 spiro atoms. The number of carbonyl (C=O) groups is 2. The fraction of sp³-hybridized carbons (Fsp3) is 0.562. The number of pyridine rings is 1. The van der Waals surface area contributed by atoms with Crippen molar-refractivity contribution in [3.8, 4) is 0 Å². The SMILES string of the molecule is CC(C)(C)OC(=O)N1C[C@H](c2ccccn2)C[C@@]1(C)C(=O)O. The van der Waals surface area contributed by atoms with Gasteiger partial charge in [0.05, 0.1) is 0 Å². The van der Waals surface area contributed by atoms with Gasteiger partial charge in [0.2, 0.25) is 0 Å². The predicted octanol–water partition coefficient (Wildman–Crippen LogP) is 2.65. The first-order valence-electron chi connectivity index (χ1n) is 7.28. The van der Waals surface area contributed by atoms with Gasteiger partial charge in [0, 0.05) is 24.4 Å². The van der Waals surface area contributed by atoms with Crippen LogP contribution in [0.1, 0.15) is 45.7 Å². The van der Waals surface area contributed by atoms with Gasteiger partial charge in [-0.15, -0.1) is 0 Å². The monoisotopic (exact) mass is 306 g/mol. The third kappa shape index (κ3) is 3.21. The normalized spacial score (nSPS) is 25.1. The van der Waals surface area contributed by atoms with Crippen LogP contribution < -0.4 is 0 Å². The van der Waals surface area contributed by atoms with E-state index in [0.29, 0.717) is 6.42 Å². The summed E-state index contributed by atoms with van der Waals surface area (Å²) in [6, 6.07) is 5.52. The van der Waals surface area contributed by atoms with E-state index in [1.165, 1.54) is 4.90 Å². The molecule has 1 aromatic heterocycles. The number of aromatic nitrogens is 1. The Bertz CT molecular complexity index is 567. The van der Waals surface area contributed by atoms with Crippen molar-refractivity contribution < 1.29 is 19.4 Å². The van der Waals surface area contributed by atoms with Gasteiger partial charge in [0.15, 0.2) is 0 Å². The van der Waals surface area contributed by atoms with Gasteiger partial charge in [-0.1, -0.05) is 6.07 Å². The highest BCUT2D eigenvalue weighted by Gasteiger charge is 2.52. The number of ether oxygens (including phenoxy) is 1. The zero-order chi connectivity index (χ0) is 16.5. The van der Waals surface area contributed by atoms with Crippen molar-refractivity contribution in [2.75, 3.05) is 6.54 Å². The summed E-state index contributed by atoms with van der Waals surface area (Å²) >= 11 is 0. The third-order valence-corrected chi connectivity index (χ3v) is 3.82. The molecule has 1 aliphatic heterocycles. The number of nitrogens with zero attached hydrogens (tertiary/aromatic N) is 2. The van der Waals surface area contributed by atoms with E-state index in [2.05, 4.69) is 4.98 Å². The summed E-state index contributed by atoms with van der Waals surface area (Å²) in [5.74, 6) is -1.15. The zero-order valence-corrected chi connectivity index (χ0v) is 13.4. The van der Waals surface area contributed by atoms with Crippen molar-refractivity contribution in [2.24, 2.45) is 0 Å². The third-order valence-electron chi connectivity index (χ3n) is 3.82. The molecule has 1 fully saturated rings. The molecule has 0 aromatic carbocycles. The van der Waals surface area contributed by atoms with Gasteiger partial charge in [-0.05, 0) is 46.2 Å². The molecule has 0 saturated carbocycles. The molecule has 1 aliphatic rings. The molecule has 1 saturated heterocycles. The van der Waals surface area contributed by atoms with Gasteiger partial charge in [-0.3, -0.25) is 9.88 Å². The lowest BCUT2D eigenvalue weighted by atomic mass is 9.92. The lowest BCUT2D eigenvalue weighted by molar-refractivity contribution is -0.148. The maximum absolute atomic E-state index is 12.4. The van der Waals surface area contributed by atoms with Crippen molar-refractivity contribution >= 4 is 12.1 Å². The fourth-order valence-corrected chi connectivity index (χ4v) is 2.69. The number of carbonyl (C=O) groups excluding carboxylic acids is 1. The molecule has 2 heterocycles. The molecule has 2 rings (SSSR count). The first-order chi connectivity index (χ1) is 10.1. The minimum absolute atomic E-state index is 0.116. The average molecular weight is 306 g/mol. The number of carboxylic acid groups (broad SMARTS) is 1. The maximum Gasteiger partial charge on any atom is 0.411 e. The van der Waals surface area contributed by atoms with Gasteiger partial charge >= 0.3 is 12.1 Å². The van der Waals surface area contributed by atoms with Crippen LogP contribution in [0.2, 0.25) is 0 Å². The standard InChI is InChI=1S/C16H22N2O4/c1-15(2,3)22-14(21)18-10-11(9-16(18,4)13(19)20)12-7-5-6-8-17-12/h5-8,11H,9-10H2,1-4H3,(H,19,20)/t11-,16+/m1/s1. The summed E-state index contributed by atoms with van der Waals surface area (Å²) in [6.07, 6.45) is 1.39. The second-order valence-electron chi connectivity index (χ2n) is 6.83. The molecule has 1 N–H and O–H groups in total. The van der Waals surface area contributed by atoms with Crippen LogP contribution in [-0.4, -0.2) is 44.7 Å². The molecule has 1 aromatic rings. The molecular weight excluding hydrogens is 284 g/mol. The van der Waals surface area contributed by atoms with Crippen LogP contribution in [0.15, 0.2) is 24.4 Å². The van der Waals surface area contributed by atoms with Crippen LogP contribution in [0.3, 0.4) is 0 Å². The number of likely N-dealkylation sites (tertiary alicyclic amines) is 1. The summed E-state index contributed by atoms with van der Waals surface area (Å²) in [6.45, 7) is 7.12. The molecular formula is C16H22N2O4. The van der Waals surface area contributed by atoms with Gasteiger partial charge in [0.1, 0.15) is 11.1 Å². The molecule has 120 valence electrons. The van der Waals surface area contributed by atoms with Crippen LogP contribution in [0.4, 0.5) is 4.79 Å². The van der Waals surface area contributed by atoms with Crippen LogP contribution in [0.25, 0.3) is 0 Å². The van der Waals surface area contributed by atoms with Gasteiger partial charge < -0.3 is 9.84 Å². The summed E-state index contributed by atoms with van der Waals surface area (Å²) in [4.78, 5) is 29.7. The molecule has 0 bridgehead atoms. The number of hydrogen-bond acceptors (Lipinski definition) is 4. The fourth-order valence-electron chi connectivity index (χ4n) is 2.69. The molecule has 6 nitrogen and oxygen atoms in total. The summed E-state index contributed by atoms with van der Waals surface area (Å²) in [5.41, 5.74) is -1.16. The molecule has 0 radical (unpaired) electrons. The van der Waals surface area contributed by atoms with E-state index in [1.807, 2.05) is 12.1 Å². The number of hydrogen-bond donors (Lipinski definition) is 1. The van der Waals surface area contributed by atoms with Crippen LogP contribution in [0.5, 0.6) is 0 Å². The Kier molecular flexibility index (Phi) is 4.13. The lowest BCUT2D eigenvalue weighted by Gasteiger charge is -2.32. The molecule has 0 aliphatic carbocycles. The number of amides is 1. The van der Waals surface area contributed by atoms with Crippen molar-refractivity contribution in [2.45, 2.75) is 51.2 Å². The van der Waals surface area contributed by atoms with Gasteiger partial charge in [-0.25, -0.2) is 9.59 Å². The number of rotatable bonds is 2. The van der Waals surface area contributed by atoms with E-state index in [0.717, 1.165) is 5.69 Å². The minimum Gasteiger partial charge on any atom is -0.480 e. The second kappa shape index (κ2) is 5.59. The maximum atomic E-state index is 12.4.